The minimum atomic E-state index is -5.15. The van der Waals surface area contributed by atoms with Gasteiger partial charge in [0.2, 0.25) is 5.91 Å². The molecule has 0 aromatic heterocycles. The largest absolute Gasteiger partial charge is 0.472 e. The molecule has 13 nitrogen and oxygen atoms in total. The van der Waals surface area contributed by atoms with Gasteiger partial charge in [-0.2, -0.15) is 0 Å². The number of aliphatic hydroxyl groups excluding tert-OH is 7. The zero-order chi connectivity index (χ0) is 48.0. The van der Waals surface area contributed by atoms with Crippen molar-refractivity contribution in [2.45, 2.75) is 274 Å². The number of amides is 1. The van der Waals surface area contributed by atoms with Crippen molar-refractivity contribution >= 4 is 13.7 Å². The van der Waals surface area contributed by atoms with E-state index in [-0.39, 0.29) is 6.42 Å². The Kier molecular flexibility index (Phi) is 38.3. The summed E-state index contributed by atoms with van der Waals surface area (Å²) in [5, 5.41) is 74.6. The summed E-state index contributed by atoms with van der Waals surface area (Å²) in [6.45, 7) is 3.75. The molecule has 0 saturated heterocycles. The van der Waals surface area contributed by atoms with Crippen molar-refractivity contribution in [2.75, 3.05) is 6.61 Å². The molecule has 14 heteroatoms. The Hall–Kier alpha value is -1.48. The number of rotatable bonds is 43. The van der Waals surface area contributed by atoms with Crippen molar-refractivity contribution in [2.24, 2.45) is 0 Å². The number of unbranched alkanes of at least 4 members (excludes halogenated alkanes) is 26. The van der Waals surface area contributed by atoms with Crippen LogP contribution in [-0.4, -0.2) is 108 Å². The van der Waals surface area contributed by atoms with E-state index in [0.717, 1.165) is 64.2 Å². The molecule has 0 aromatic rings. The quantitative estimate of drug-likeness (QED) is 0.0158. The molecule has 0 radical (unpaired) electrons. The Labute approximate surface area is 394 Å². The van der Waals surface area contributed by atoms with Crippen LogP contribution in [0.2, 0.25) is 0 Å². The van der Waals surface area contributed by atoms with Gasteiger partial charge in [0.05, 0.1) is 31.3 Å². The minimum Gasteiger partial charge on any atom is -0.393 e. The van der Waals surface area contributed by atoms with E-state index in [4.69, 9.17) is 9.05 Å². The lowest BCUT2D eigenvalue weighted by Gasteiger charge is -2.41. The van der Waals surface area contributed by atoms with Gasteiger partial charge >= 0.3 is 7.82 Å². The minimum absolute atomic E-state index is 0.258. The molecule has 9 N–H and O–H groups in total. The van der Waals surface area contributed by atoms with Crippen molar-refractivity contribution in [1.29, 1.82) is 0 Å². The van der Waals surface area contributed by atoms with Gasteiger partial charge in [-0.15, -0.1) is 0 Å². The Bertz CT molecular complexity index is 1250. The van der Waals surface area contributed by atoms with Crippen LogP contribution in [0.5, 0.6) is 0 Å². The first-order valence-electron chi connectivity index (χ1n) is 26.0. The molecule has 8 atom stereocenters. The van der Waals surface area contributed by atoms with Crippen LogP contribution in [-0.2, 0) is 18.4 Å². The highest BCUT2D eigenvalue weighted by Gasteiger charge is 2.51. The molecule has 1 saturated carbocycles. The molecule has 0 aliphatic heterocycles. The van der Waals surface area contributed by atoms with Crippen LogP contribution < -0.4 is 5.32 Å². The molecule has 65 heavy (non-hydrogen) atoms. The molecule has 8 unspecified atom stereocenters. The summed E-state index contributed by atoms with van der Waals surface area (Å²) in [6, 6.07) is -1.26. The van der Waals surface area contributed by atoms with Gasteiger partial charge in [0.15, 0.2) is 0 Å². The first kappa shape index (κ1) is 61.5. The van der Waals surface area contributed by atoms with Crippen molar-refractivity contribution in [3.63, 3.8) is 0 Å². The number of hydrogen-bond donors (Lipinski definition) is 9. The zero-order valence-corrected chi connectivity index (χ0v) is 41.5. The van der Waals surface area contributed by atoms with Crippen LogP contribution in [0.15, 0.2) is 36.5 Å². The third-order valence-electron chi connectivity index (χ3n) is 12.4. The smallest absolute Gasteiger partial charge is 0.393 e. The molecule has 382 valence electrons. The lowest BCUT2D eigenvalue weighted by atomic mass is 9.85. The third kappa shape index (κ3) is 32.1. The van der Waals surface area contributed by atoms with E-state index in [1.807, 2.05) is 0 Å². The highest BCUT2D eigenvalue weighted by molar-refractivity contribution is 7.47. The van der Waals surface area contributed by atoms with Crippen LogP contribution in [0.3, 0.4) is 0 Å². The van der Waals surface area contributed by atoms with Crippen molar-refractivity contribution in [3.8, 4) is 0 Å². The molecule has 0 bridgehead atoms. The van der Waals surface area contributed by atoms with Crippen LogP contribution in [0, 0.1) is 0 Å². The lowest BCUT2D eigenvalue weighted by Crippen LogP contribution is -2.64. The van der Waals surface area contributed by atoms with E-state index < -0.39 is 75.2 Å². The molecular weight excluding hydrogens is 850 g/mol. The van der Waals surface area contributed by atoms with Gasteiger partial charge in [0.25, 0.3) is 0 Å². The van der Waals surface area contributed by atoms with E-state index in [1.54, 1.807) is 6.08 Å². The fourth-order valence-electron chi connectivity index (χ4n) is 8.19. The maximum atomic E-state index is 13.0. The van der Waals surface area contributed by atoms with Gasteiger partial charge in [0.1, 0.15) is 36.6 Å². The number of aliphatic hydroxyl groups is 7. The van der Waals surface area contributed by atoms with Crippen molar-refractivity contribution in [1.82, 2.24) is 5.32 Å². The molecule has 0 aromatic carbocycles. The highest BCUT2D eigenvalue weighted by Crippen LogP contribution is 2.47. The average molecular weight is 946 g/mol. The maximum Gasteiger partial charge on any atom is 0.472 e. The number of carbonyl (C=O) groups is 1. The first-order valence-corrected chi connectivity index (χ1v) is 27.5. The van der Waals surface area contributed by atoms with Crippen LogP contribution in [0.1, 0.15) is 219 Å². The summed E-state index contributed by atoms with van der Waals surface area (Å²) >= 11 is 0. The summed E-state index contributed by atoms with van der Waals surface area (Å²) in [5.41, 5.74) is 0. The number of carbonyl (C=O) groups excluding carboxylic acids is 1. The van der Waals surface area contributed by atoms with E-state index >= 15 is 0 Å². The Morgan fingerprint density at radius 2 is 0.908 bits per heavy atom. The third-order valence-corrected chi connectivity index (χ3v) is 13.4. The monoisotopic (exact) mass is 946 g/mol. The second-order valence-electron chi connectivity index (χ2n) is 18.5. The van der Waals surface area contributed by atoms with Gasteiger partial charge in [-0.3, -0.25) is 13.8 Å². The fourth-order valence-corrected chi connectivity index (χ4v) is 9.16. The van der Waals surface area contributed by atoms with Gasteiger partial charge in [-0.25, -0.2) is 4.57 Å². The number of phosphoric ester groups is 1. The zero-order valence-electron chi connectivity index (χ0n) is 40.7. The maximum absolute atomic E-state index is 13.0. The van der Waals surface area contributed by atoms with E-state index in [9.17, 15) is 50.0 Å². The SMILES string of the molecule is CCCCCCCCCC/C=C\CCCCCCCC(O)CC(=O)NC(COP(=O)(O)OC1C(O)C(O)C(O)C(O)C1O)C(O)/C=C/CC/C=C/CCCCCCCCCCCCCC. The molecule has 1 aliphatic carbocycles. The van der Waals surface area contributed by atoms with Gasteiger partial charge in [-0.1, -0.05) is 192 Å². The second-order valence-corrected chi connectivity index (χ2v) is 20.0. The summed E-state index contributed by atoms with van der Waals surface area (Å²) in [6.07, 6.45) is 33.7. The predicted octanol–water partition coefficient (Wildman–Crippen LogP) is 9.70. The second kappa shape index (κ2) is 40.4. The Morgan fingerprint density at radius 1 is 0.538 bits per heavy atom. The van der Waals surface area contributed by atoms with Crippen LogP contribution in [0.4, 0.5) is 0 Å². The molecule has 1 aliphatic rings. The summed E-state index contributed by atoms with van der Waals surface area (Å²) in [4.78, 5) is 23.5. The molecule has 1 amide bonds. The number of nitrogens with one attached hydrogen (secondary N) is 1. The molecule has 0 spiro atoms. The Balaban J connectivity index is 2.52. The van der Waals surface area contributed by atoms with Gasteiger partial charge < -0.3 is 46.0 Å². The number of hydrogen-bond acceptors (Lipinski definition) is 11. The fraction of sp³-hybridized carbons (Fsp3) is 0.863. The predicted molar refractivity (Wildman–Crippen MR) is 261 cm³/mol. The number of phosphoric acid groups is 1. The summed E-state index contributed by atoms with van der Waals surface area (Å²) < 4.78 is 22.9. The number of allylic oxidation sites excluding steroid dienone is 5. The first-order chi connectivity index (χ1) is 31.3. The summed E-state index contributed by atoms with van der Waals surface area (Å²) in [7, 11) is -5.15. The Morgan fingerprint density at radius 3 is 1.35 bits per heavy atom. The molecule has 1 rings (SSSR count). The van der Waals surface area contributed by atoms with Gasteiger partial charge in [0, 0.05) is 0 Å². The molecular formula is C51H96NO12P. The van der Waals surface area contributed by atoms with Crippen LogP contribution >= 0.6 is 7.82 Å². The standard InChI is InChI=1S/C51H96NO12P/c1-3-5-7-9-11-13-15-17-19-21-23-25-27-29-31-33-35-37-39-44(54)43(41-63-65(61,62)64-51-49(59)47(57)46(56)48(58)50(51)60)52-45(55)40-42(53)38-36-34-32-30-28-26-24-22-20-18-16-14-12-10-8-6-4-2/h22,24,29,31,37,39,42-44,46-51,53-54,56-60H,3-21,23,25-28,30,32-36,38,40-41H2,1-2H3,(H,52,55)(H,61,62)/b24-22-,31-29+,39-37+. The lowest BCUT2D eigenvalue weighted by molar-refractivity contribution is -0.220. The molecule has 0 heterocycles. The van der Waals surface area contributed by atoms with Gasteiger partial charge in [-0.05, 0) is 57.8 Å². The van der Waals surface area contributed by atoms with Crippen molar-refractivity contribution in [3.05, 3.63) is 36.5 Å². The average Bonchev–Trinajstić information content (AvgIpc) is 3.28. The van der Waals surface area contributed by atoms with Crippen LogP contribution in [0.25, 0.3) is 0 Å². The summed E-state index contributed by atoms with van der Waals surface area (Å²) in [5.74, 6) is -0.606. The molecule has 1 fully saturated rings. The van der Waals surface area contributed by atoms with E-state index in [1.165, 1.54) is 128 Å². The normalized spacial score (nSPS) is 22.8. The topological polar surface area (TPSA) is 226 Å². The van der Waals surface area contributed by atoms with E-state index in [2.05, 4.69) is 43.5 Å². The van der Waals surface area contributed by atoms with E-state index in [0.29, 0.717) is 12.8 Å². The van der Waals surface area contributed by atoms with Crippen molar-refractivity contribution < 1.29 is 59.0 Å². The highest BCUT2D eigenvalue weighted by atomic mass is 31.2.